The zero-order valence-electron chi connectivity index (χ0n) is 17.1. The van der Waals surface area contributed by atoms with E-state index in [0.717, 1.165) is 11.3 Å². The summed E-state index contributed by atoms with van der Waals surface area (Å²) in [5.74, 6) is 1.48. The fourth-order valence-corrected chi connectivity index (χ4v) is 5.31. The number of rotatable bonds is 9. The molecule has 0 amide bonds. The highest BCUT2D eigenvalue weighted by molar-refractivity contribution is 7.98. The maximum absolute atomic E-state index is 12.8. The van der Waals surface area contributed by atoms with E-state index in [9.17, 15) is 8.42 Å². The van der Waals surface area contributed by atoms with Crippen molar-refractivity contribution in [2.75, 3.05) is 13.1 Å². The molecule has 0 spiro atoms. The lowest BCUT2D eigenvalue weighted by Gasteiger charge is -2.18. The Bertz CT molecular complexity index is 1080. The van der Waals surface area contributed by atoms with Gasteiger partial charge in [-0.3, -0.25) is 4.40 Å². The van der Waals surface area contributed by atoms with Crippen molar-refractivity contribution >= 4 is 27.4 Å². The second-order valence-electron chi connectivity index (χ2n) is 6.73. The van der Waals surface area contributed by atoms with E-state index >= 15 is 0 Å². The first kappa shape index (κ1) is 21.6. The van der Waals surface area contributed by atoms with E-state index in [1.165, 1.54) is 16.1 Å². The van der Waals surface area contributed by atoms with Crippen LogP contribution in [0.1, 0.15) is 33.3 Å². The molecule has 0 aliphatic carbocycles. The lowest BCUT2D eigenvalue weighted by molar-refractivity contribution is 0.240. The third-order valence-corrected chi connectivity index (χ3v) is 7.40. The molecule has 0 fully saturated rings. The number of hydrogen-bond donors (Lipinski definition) is 0. The molecule has 7 nitrogen and oxygen atoms in total. The molecule has 156 valence electrons. The molecule has 0 bridgehead atoms. The maximum atomic E-state index is 12.8. The third kappa shape index (κ3) is 4.73. The smallest absolute Gasteiger partial charge is 0.244 e. The van der Waals surface area contributed by atoms with Gasteiger partial charge in [0.05, 0.1) is 11.0 Å². The molecular formula is C20H26N4O3S2. The van der Waals surface area contributed by atoms with Gasteiger partial charge in [0, 0.05) is 30.6 Å². The second kappa shape index (κ2) is 9.15. The Balaban J connectivity index is 1.89. The van der Waals surface area contributed by atoms with Crippen LogP contribution in [0, 0.1) is 0 Å². The van der Waals surface area contributed by atoms with Gasteiger partial charge in [-0.1, -0.05) is 43.8 Å². The van der Waals surface area contributed by atoms with Gasteiger partial charge in [0.15, 0.2) is 10.8 Å². The molecule has 0 aliphatic heterocycles. The van der Waals surface area contributed by atoms with Gasteiger partial charge in [-0.15, -0.1) is 10.2 Å². The molecule has 9 heteroatoms. The van der Waals surface area contributed by atoms with Crippen molar-refractivity contribution in [3.05, 3.63) is 48.2 Å². The maximum Gasteiger partial charge on any atom is 0.244 e. The number of para-hydroxylation sites is 1. The van der Waals surface area contributed by atoms with Gasteiger partial charge in [0.25, 0.3) is 0 Å². The average Bonchev–Trinajstić information content (AvgIpc) is 3.10. The summed E-state index contributed by atoms with van der Waals surface area (Å²) < 4.78 is 34.7. The van der Waals surface area contributed by atoms with Crippen molar-refractivity contribution in [1.82, 2.24) is 18.9 Å². The molecule has 0 saturated carbocycles. The molecule has 2 aromatic heterocycles. The van der Waals surface area contributed by atoms with Gasteiger partial charge >= 0.3 is 0 Å². The van der Waals surface area contributed by atoms with E-state index < -0.39 is 10.0 Å². The fraction of sp³-hybridized carbons (Fsp3) is 0.400. The van der Waals surface area contributed by atoms with E-state index in [1.54, 1.807) is 22.7 Å². The molecule has 0 unspecified atom stereocenters. The predicted molar refractivity (Wildman–Crippen MR) is 115 cm³/mol. The molecule has 0 radical (unpaired) electrons. The van der Waals surface area contributed by atoms with Crippen molar-refractivity contribution in [3.8, 4) is 5.75 Å². The van der Waals surface area contributed by atoms with E-state index in [1.807, 2.05) is 52.0 Å². The Morgan fingerprint density at radius 3 is 2.52 bits per heavy atom. The monoisotopic (exact) mass is 434 g/mol. The number of nitrogens with zero attached hydrogens (tertiary/aromatic N) is 4. The van der Waals surface area contributed by atoms with Crippen molar-refractivity contribution in [2.45, 2.75) is 49.6 Å². The Hall–Kier alpha value is -2.10. The summed E-state index contributed by atoms with van der Waals surface area (Å²) in [4.78, 5) is 0.235. The molecule has 3 rings (SSSR count). The predicted octanol–water partition coefficient (Wildman–Crippen LogP) is 3.84. The lowest BCUT2D eigenvalue weighted by Crippen LogP contribution is -2.30. The quantitative estimate of drug-likeness (QED) is 0.476. The number of fused-ring (bicyclic) bond motifs is 1. The highest BCUT2D eigenvalue weighted by Gasteiger charge is 2.23. The summed E-state index contributed by atoms with van der Waals surface area (Å²) in [6, 6.07) is 11.2. The topological polar surface area (TPSA) is 76.8 Å². The number of pyridine rings is 1. The molecule has 29 heavy (non-hydrogen) atoms. The van der Waals surface area contributed by atoms with Gasteiger partial charge in [-0.25, -0.2) is 8.42 Å². The third-order valence-electron chi connectivity index (χ3n) is 4.38. The number of ether oxygens (including phenoxy) is 1. The van der Waals surface area contributed by atoms with Crippen LogP contribution in [0.4, 0.5) is 0 Å². The van der Waals surface area contributed by atoms with E-state index in [4.69, 9.17) is 4.74 Å². The summed E-state index contributed by atoms with van der Waals surface area (Å²) >= 11 is 1.49. The highest BCUT2D eigenvalue weighted by Crippen LogP contribution is 2.28. The van der Waals surface area contributed by atoms with Crippen molar-refractivity contribution in [1.29, 1.82) is 0 Å². The minimum absolute atomic E-state index is 0.0860. The van der Waals surface area contributed by atoms with Gasteiger partial charge in [0.2, 0.25) is 10.0 Å². The van der Waals surface area contributed by atoms with Crippen LogP contribution in [0.25, 0.3) is 5.65 Å². The lowest BCUT2D eigenvalue weighted by atomic mass is 10.2. The van der Waals surface area contributed by atoms with Crippen LogP contribution < -0.4 is 4.74 Å². The Morgan fingerprint density at radius 1 is 1.10 bits per heavy atom. The Morgan fingerprint density at radius 2 is 1.83 bits per heavy atom. The minimum atomic E-state index is -3.55. The zero-order chi connectivity index (χ0) is 21.0. The Labute approximate surface area is 176 Å². The van der Waals surface area contributed by atoms with Gasteiger partial charge in [-0.05, 0) is 32.0 Å². The van der Waals surface area contributed by atoms with E-state index in [-0.39, 0.29) is 11.0 Å². The first-order valence-electron chi connectivity index (χ1n) is 9.59. The molecule has 3 aromatic rings. The summed E-state index contributed by atoms with van der Waals surface area (Å²) in [6.07, 6.45) is 1.69. The van der Waals surface area contributed by atoms with Crippen LogP contribution in [-0.2, 0) is 15.8 Å². The first-order chi connectivity index (χ1) is 13.9. The second-order valence-corrected chi connectivity index (χ2v) is 9.61. The molecular weight excluding hydrogens is 408 g/mol. The highest BCUT2D eigenvalue weighted by atomic mass is 32.2. The van der Waals surface area contributed by atoms with Gasteiger partial charge < -0.3 is 4.74 Å². The minimum Gasteiger partial charge on any atom is -0.491 e. The summed E-state index contributed by atoms with van der Waals surface area (Å²) in [5, 5.41) is 9.03. The number of benzene rings is 1. The standard InChI is InChI=1S/C20H26N4O3S2/c1-5-23(6-2)29(25,26)17-11-12-19-21-22-20(24(19)13-17)28-14-16-9-7-8-10-18(16)27-15(3)4/h7-13,15H,5-6,14H2,1-4H3. The van der Waals surface area contributed by atoms with Gasteiger partial charge in [-0.2, -0.15) is 4.31 Å². The average molecular weight is 435 g/mol. The molecule has 2 heterocycles. The van der Waals surface area contributed by atoms with Crippen molar-refractivity contribution in [2.24, 2.45) is 0 Å². The number of thioether (sulfide) groups is 1. The number of sulfonamides is 1. The van der Waals surface area contributed by atoms with Crippen LogP contribution in [0.2, 0.25) is 0 Å². The zero-order valence-corrected chi connectivity index (χ0v) is 18.7. The van der Waals surface area contributed by atoms with E-state index in [0.29, 0.717) is 29.6 Å². The summed E-state index contributed by atoms with van der Waals surface area (Å²) in [5.41, 5.74) is 1.66. The molecule has 1 aromatic carbocycles. The summed E-state index contributed by atoms with van der Waals surface area (Å²) in [6.45, 7) is 8.49. The van der Waals surface area contributed by atoms with Crippen LogP contribution in [0.3, 0.4) is 0 Å². The Kier molecular flexibility index (Phi) is 6.81. The fourth-order valence-electron chi connectivity index (χ4n) is 2.95. The van der Waals surface area contributed by atoms with Crippen molar-refractivity contribution < 1.29 is 13.2 Å². The number of hydrogen-bond acceptors (Lipinski definition) is 6. The molecule has 0 N–H and O–H groups in total. The normalized spacial score (nSPS) is 12.2. The van der Waals surface area contributed by atoms with Crippen molar-refractivity contribution in [3.63, 3.8) is 0 Å². The van der Waals surface area contributed by atoms with E-state index in [2.05, 4.69) is 10.2 Å². The SMILES string of the molecule is CCN(CC)S(=O)(=O)c1ccc2nnc(SCc3ccccc3OC(C)C)n2c1. The molecule has 0 saturated heterocycles. The molecule has 0 aliphatic rings. The van der Waals surface area contributed by atoms with Crippen LogP contribution in [0.5, 0.6) is 5.75 Å². The van der Waals surface area contributed by atoms with Gasteiger partial charge in [0.1, 0.15) is 5.75 Å². The van der Waals surface area contributed by atoms with Crippen LogP contribution >= 0.6 is 11.8 Å². The summed E-state index contributed by atoms with van der Waals surface area (Å²) in [7, 11) is -3.55. The molecule has 0 atom stereocenters. The largest absolute Gasteiger partial charge is 0.491 e. The van der Waals surface area contributed by atoms with Crippen LogP contribution in [-0.4, -0.2) is 46.5 Å². The first-order valence-corrected chi connectivity index (χ1v) is 12.0. The number of aromatic nitrogens is 3. The van der Waals surface area contributed by atoms with Crippen LogP contribution in [0.15, 0.2) is 52.6 Å².